The lowest BCUT2D eigenvalue weighted by Crippen LogP contribution is -2.35. The highest BCUT2D eigenvalue weighted by Crippen LogP contribution is 2.25. The van der Waals surface area contributed by atoms with Crippen LogP contribution >= 0.6 is 0 Å². The summed E-state index contributed by atoms with van der Waals surface area (Å²) in [6.45, 7) is 7.47. The van der Waals surface area contributed by atoms with Crippen LogP contribution in [0.5, 0.6) is 0 Å². The van der Waals surface area contributed by atoms with Crippen LogP contribution in [0, 0.1) is 25.2 Å². The van der Waals surface area contributed by atoms with Gasteiger partial charge in [-0.1, -0.05) is 13.3 Å². The van der Waals surface area contributed by atoms with Crippen molar-refractivity contribution in [3.05, 3.63) is 16.9 Å². The molecule has 0 aromatic carbocycles. The van der Waals surface area contributed by atoms with Crippen molar-refractivity contribution in [1.29, 1.82) is 5.26 Å². The van der Waals surface area contributed by atoms with Crippen LogP contribution in [0.2, 0.25) is 0 Å². The Labute approximate surface area is 131 Å². The van der Waals surface area contributed by atoms with Gasteiger partial charge in [0.25, 0.3) is 0 Å². The zero-order chi connectivity index (χ0) is 16.5. The first-order chi connectivity index (χ1) is 10.5. The molecule has 1 aromatic rings. The standard InChI is InChI=1S/C16H25N3O3/c1-4-5-7-19(8-6-9-20)11-15(21)18-16-14(10-17)12(2)13(3)22-16/h20H,4-9,11H2,1-3H3,(H,18,21). The van der Waals surface area contributed by atoms with Crippen molar-refractivity contribution in [2.45, 2.75) is 40.0 Å². The van der Waals surface area contributed by atoms with Gasteiger partial charge < -0.3 is 9.52 Å². The van der Waals surface area contributed by atoms with Crippen molar-refractivity contribution >= 4 is 11.8 Å². The molecular weight excluding hydrogens is 282 g/mol. The van der Waals surface area contributed by atoms with E-state index in [0.29, 0.717) is 24.3 Å². The fourth-order valence-electron chi connectivity index (χ4n) is 2.16. The summed E-state index contributed by atoms with van der Waals surface area (Å²) in [5.41, 5.74) is 1.13. The zero-order valence-electron chi connectivity index (χ0n) is 13.6. The smallest absolute Gasteiger partial charge is 0.240 e. The molecule has 0 aliphatic rings. The minimum absolute atomic E-state index is 0.111. The summed E-state index contributed by atoms with van der Waals surface area (Å²) < 4.78 is 5.44. The normalized spacial score (nSPS) is 10.7. The lowest BCUT2D eigenvalue weighted by molar-refractivity contribution is -0.117. The second-order valence-corrected chi connectivity index (χ2v) is 5.35. The van der Waals surface area contributed by atoms with Crippen LogP contribution in [0.25, 0.3) is 0 Å². The summed E-state index contributed by atoms with van der Waals surface area (Å²) in [4.78, 5) is 14.2. The lowest BCUT2D eigenvalue weighted by atomic mass is 10.2. The number of anilines is 1. The van der Waals surface area contributed by atoms with E-state index in [2.05, 4.69) is 18.3 Å². The van der Waals surface area contributed by atoms with Gasteiger partial charge in [0.05, 0.1) is 6.54 Å². The Balaban J connectivity index is 2.66. The lowest BCUT2D eigenvalue weighted by Gasteiger charge is -2.20. The number of nitriles is 1. The molecule has 22 heavy (non-hydrogen) atoms. The molecule has 0 aliphatic carbocycles. The molecule has 0 atom stereocenters. The minimum Gasteiger partial charge on any atom is -0.444 e. The molecule has 1 heterocycles. The van der Waals surface area contributed by atoms with Gasteiger partial charge in [-0.3, -0.25) is 15.0 Å². The molecule has 2 N–H and O–H groups in total. The van der Waals surface area contributed by atoms with E-state index in [1.54, 1.807) is 13.8 Å². The molecule has 0 aliphatic heterocycles. The maximum Gasteiger partial charge on any atom is 0.240 e. The molecule has 0 fully saturated rings. The largest absolute Gasteiger partial charge is 0.444 e. The molecule has 1 amide bonds. The van der Waals surface area contributed by atoms with Gasteiger partial charge in [-0.2, -0.15) is 5.26 Å². The van der Waals surface area contributed by atoms with Crippen molar-refractivity contribution in [3.8, 4) is 6.07 Å². The van der Waals surface area contributed by atoms with Crippen LogP contribution in [-0.2, 0) is 4.79 Å². The Bertz CT molecular complexity index is 523. The van der Waals surface area contributed by atoms with Crippen LogP contribution < -0.4 is 5.32 Å². The summed E-state index contributed by atoms with van der Waals surface area (Å²) in [6, 6.07) is 2.06. The van der Waals surface area contributed by atoms with E-state index in [1.807, 2.05) is 4.90 Å². The molecule has 0 saturated carbocycles. The highest BCUT2D eigenvalue weighted by Gasteiger charge is 2.18. The highest BCUT2D eigenvalue weighted by molar-refractivity contribution is 5.92. The molecule has 122 valence electrons. The number of unbranched alkanes of at least 4 members (excludes halogenated alkanes) is 1. The van der Waals surface area contributed by atoms with Crippen molar-refractivity contribution < 1.29 is 14.3 Å². The van der Waals surface area contributed by atoms with Gasteiger partial charge in [-0.05, 0) is 33.2 Å². The Kier molecular flexibility index (Phi) is 7.64. The molecule has 0 spiro atoms. The number of carbonyl (C=O) groups is 1. The molecule has 1 aromatic heterocycles. The van der Waals surface area contributed by atoms with E-state index in [1.165, 1.54) is 0 Å². The Morgan fingerprint density at radius 3 is 2.64 bits per heavy atom. The highest BCUT2D eigenvalue weighted by atomic mass is 16.4. The van der Waals surface area contributed by atoms with Crippen molar-refractivity contribution in [2.24, 2.45) is 0 Å². The molecule has 6 heteroatoms. The number of nitrogens with zero attached hydrogens (tertiary/aromatic N) is 2. The van der Waals surface area contributed by atoms with E-state index >= 15 is 0 Å². The summed E-state index contributed by atoms with van der Waals surface area (Å²) in [6.07, 6.45) is 2.69. The van der Waals surface area contributed by atoms with Crippen LogP contribution in [0.3, 0.4) is 0 Å². The summed E-state index contributed by atoms with van der Waals surface area (Å²) in [5, 5.41) is 20.7. The second kappa shape index (κ2) is 9.23. The molecule has 0 radical (unpaired) electrons. The molecular formula is C16H25N3O3. The number of aliphatic hydroxyl groups is 1. The zero-order valence-corrected chi connectivity index (χ0v) is 13.6. The number of hydrogen-bond donors (Lipinski definition) is 2. The number of hydrogen-bond acceptors (Lipinski definition) is 5. The number of aryl methyl sites for hydroxylation is 1. The van der Waals surface area contributed by atoms with E-state index in [-0.39, 0.29) is 24.9 Å². The van der Waals surface area contributed by atoms with Crippen molar-refractivity contribution in [1.82, 2.24) is 4.90 Å². The molecule has 6 nitrogen and oxygen atoms in total. The number of aliphatic hydroxyl groups excluding tert-OH is 1. The van der Waals surface area contributed by atoms with E-state index in [0.717, 1.165) is 24.9 Å². The number of rotatable bonds is 9. The summed E-state index contributed by atoms with van der Waals surface area (Å²) in [5.74, 6) is 0.648. The van der Waals surface area contributed by atoms with Gasteiger partial charge in [0.15, 0.2) is 0 Å². The Morgan fingerprint density at radius 1 is 1.36 bits per heavy atom. The predicted molar refractivity (Wildman–Crippen MR) is 84.6 cm³/mol. The van der Waals surface area contributed by atoms with Gasteiger partial charge in [0.1, 0.15) is 17.4 Å². The van der Waals surface area contributed by atoms with Gasteiger partial charge in [-0.25, -0.2) is 0 Å². The van der Waals surface area contributed by atoms with Crippen LogP contribution in [0.4, 0.5) is 5.88 Å². The van der Waals surface area contributed by atoms with Crippen molar-refractivity contribution in [3.63, 3.8) is 0 Å². The number of nitrogens with one attached hydrogen (secondary N) is 1. The second-order valence-electron chi connectivity index (χ2n) is 5.35. The molecule has 0 unspecified atom stereocenters. The molecule has 0 bridgehead atoms. The average molecular weight is 307 g/mol. The number of amides is 1. The quantitative estimate of drug-likeness (QED) is 0.730. The third-order valence-corrected chi connectivity index (χ3v) is 3.58. The first-order valence-corrected chi connectivity index (χ1v) is 7.66. The summed E-state index contributed by atoms with van der Waals surface area (Å²) in [7, 11) is 0. The number of carbonyl (C=O) groups excluding carboxylic acids is 1. The predicted octanol–water partition coefficient (Wildman–Crippen LogP) is 2.19. The third-order valence-electron chi connectivity index (χ3n) is 3.58. The Hall–Kier alpha value is -1.84. The third kappa shape index (κ3) is 5.17. The summed E-state index contributed by atoms with van der Waals surface area (Å²) >= 11 is 0. The topological polar surface area (TPSA) is 89.5 Å². The Morgan fingerprint density at radius 2 is 2.05 bits per heavy atom. The molecule has 1 rings (SSSR count). The van der Waals surface area contributed by atoms with Crippen LogP contribution in [0.15, 0.2) is 4.42 Å². The molecule has 0 saturated heterocycles. The minimum atomic E-state index is -0.209. The van der Waals surface area contributed by atoms with Gasteiger partial charge in [-0.15, -0.1) is 0 Å². The van der Waals surface area contributed by atoms with Gasteiger partial charge in [0.2, 0.25) is 11.8 Å². The first-order valence-electron chi connectivity index (χ1n) is 7.66. The van der Waals surface area contributed by atoms with E-state index in [9.17, 15) is 4.79 Å². The van der Waals surface area contributed by atoms with Gasteiger partial charge >= 0.3 is 0 Å². The van der Waals surface area contributed by atoms with Gasteiger partial charge in [0, 0.05) is 18.7 Å². The van der Waals surface area contributed by atoms with Crippen LogP contribution in [-0.4, -0.2) is 42.2 Å². The monoisotopic (exact) mass is 307 g/mol. The van der Waals surface area contributed by atoms with E-state index < -0.39 is 0 Å². The fraction of sp³-hybridized carbons (Fsp3) is 0.625. The van der Waals surface area contributed by atoms with Crippen LogP contribution in [0.1, 0.15) is 43.1 Å². The SMILES string of the molecule is CCCCN(CCCO)CC(=O)Nc1oc(C)c(C)c1C#N. The fourth-order valence-corrected chi connectivity index (χ4v) is 2.16. The first kappa shape index (κ1) is 18.2. The average Bonchev–Trinajstić information content (AvgIpc) is 2.75. The number of furan rings is 1. The maximum atomic E-state index is 12.2. The van der Waals surface area contributed by atoms with E-state index in [4.69, 9.17) is 14.8 Å². The van der Waals surface area contributed by atoms with Crippen molar-refractivity contribution in [2.75, 3.05) is 31.6 Å². The maximum absolute atomic E-state index is 12.2.